The summed E-state index contributed by atoms with van der Waals surface area (Å²) in [5.41, 5.74) is -0.316. The summed E-state index contributed by atoms with van der Waals surface area (Å²) >= 11 is 3.61. The van der Waals surface area contributed by atoms with E-state index in [2.05, 4.69) is 22.9 Å². The number of H-pyrrole nitrogens is 1. The van der Waals surface area contributed by atoms with E-state index in [-0.39, 0.29) is 5.69 Å². The maximum absolute atomic E-state index is 10.2. The summed E-state index contributed by atoms with van der Waals surface area (Å²) in [5, 5.41) is 3.43. The van der Waals surface area contributed by atoms with Gasteiger partial charge in [-0.3, -0.25) is 4.98 Å². The van der Waals surface area contributed by atoms with E-state index in [9.17, 15) is 4.79 Å². The van der Waals surface area contributed by atoms with Gasteiger partial charge in [0.2, 0.25) is 0 Å². The zero-order valence-corrected chi connectivity index (χ0v) is 4.22. The second-order valence-electron chi connectivity index (χ2n) is 0.984. The number of nitrogens with zero attached hydrogens (tertiary/aromatic N) is 2. The highest BCUT2D eigenvalue weighted by Gasteiger charge is 1.83. The van der Waals surface area contributed by atoms with Crippen molar-refractivity contribution in [3.05, 3.63) is 16.8 Å². The number of nitrogens with one attached hydrogen (secondary N) is 1. The molecular formula is C2H3N3OS. The van der Waals surface area contributed by atoms with Crippen LogP contribution in [0.2, 0.25) is 0 Å². The molecule has 0 saturated heterocycles. The lowest BCUT2D eigenvalue weighted by Gasteiger charge is -1.72. The topological polar surface area (TPSA) is 50.7 Å². The molecule has 0 fully saturated rings. The van der Waals surface area contributed by atoms with Crippen molar-refractivity contribution in [1.82, 2.24) is 14.2 Å². The van der Waals surface area contributed by atoms with Crippen molar-refractivity contribution in [3.8, 4) is 0 Å². The van der Waals surface area contributed by atoms with Gasteiger partial charge in [-0.2, -0.15) is 4.09 Å². The average molecular weight is 117 g/mol. The summed E-state index contributed by atoms with van der Waals surface area (Å²) in [4.78, 5) is 12.5. The maximum Gasteiger partial charge on any atom is 0.353 e. The third kappa shape index (κ3) is 0.663. The highest BCUT2D eigenvalue weighted by Crippen LogP contribution is 1.67. The molecule has 1 heterocycles. The smallest absolute Gasteiger partial charge is 0.295 e. The van der Waals surface area contributed by atoms with Gasteiger partial charge in [0, 0.05) is 0 Å². The summed E-state index contributed by atoms with van der Waals surface area (Å²) in [6, 6.07) is 0. The number of hydrogen-bond acceptors (Lipinski definition) is 3. The molecule has 0 aromatic carbocycles. The van der Waals surface area contributed by atoms with Gasteiger partial charge in [0.05, 0.1) is 0 Å². The lowest BCUT2D eigenvalue weighted by molar-refractivity contribution is 0.978. The molecule has 1 rings (SSSR count). The Hall–Kier alpha value is -0.710. The van der Waals surface area contributed by atoms with Crippen LogP contribution in [0.1, 0.15) is 0 Å². The van der Waals surface area contributed by atoms with Crippen molar-refractivity contribution in [2.24, 2.45) is 0 Å². The molecule has 0 atom stereocenters. The third-order valence-corrected chi connectivity index (χ3v) is 0.822. The van der Waals surface area contributed by atoms with Crippen LogP contribution in [-0.4, -0.2) is 14.2 Å². The van der Waals surface area contributed by atoms with Gasteiger partial charge in [0.25, 0.3) is 0 Å². The minimum atomic E-state index is -0.316. The monoisotopic (exact) mass is 117 g/mol. The summed E-state index contributed by atoms with van der Waals surface area (Å²) in [6.07, 6.45) is 1.27. The highest BCUT2D eigenvalue weighted by atomic mass is 32.1. The molecule has 0 spiro atoms. The molecule has 5 heteroatoms. The van der Waals surface area contributed by atoms with Gasteiger partial charge < -0.3 is 0 Å². The zero-order valence-electron chi connectivity index (χ0n) is 3.33. The van der Waals surface area contributed by atoms with E-state index in [0.29, 0.717) is 0 Å². The van der Waals surface area contributed by atoms with E-state index in [4.69, 9.17) is 0 Å². The molecule has 7 heavy (non-hydrogen) atoms. The fourth-order valence-corrected chi connectivity index (χ4v) is 0.358. The van der Waals surface area contributed by atoms with Gasteiger partial charge in [-0.1, -0.05) is 0 Å². The molecule has 38 valence electrons. The number of hydrogen-bond donors (Lipinski definition) is 2. The Morgan fingerprint density at radius 3 is 2.86 bits per heavy atom. The Labute approximate surface area is 44.7 Å². The fraction of sp³-hybridized carbons (Fsp3) is 0. The van der Waals surface area contributed by atoms with Crippen LogP contribution in [-0.2, 0) is 0 Å². The Morgan fingerprint density at radius 1 is 2.00 bits per heavy atom. The van der Waals surface area contributed by atoms with Gasteiger partial charge in [0.15, 0.2) is 0 Å². The normalized spacial score (nSPS) is 9.29. The second-order valence-corrected chi connectivity index (χ2v) is 1.36. The lowest BCUT2D eigenvalue weighted by atomic mass is 11.3. The van der Waals surface area contributed by atoms with E-state index < -0.39 is 0 Å². The maximum atomic E-state index is 10.2. The van der Waals surface area contributed by atoms with E-state index in [1.54, 1.807) is 0 Å². The average Bonchev–Trinajstić information content (AvgIpc) is 1.91. The SMILES string of the molecule is O=c1[nH]cnn1S. The zero-order chi connectivity index (χ0) is 5.28. The molecule has 4 nitrogen and oxygen atoms in total. The third-order valence-electron chi connectivity index (χ3n) is 0.537. The predicted octanol–water partition coefficient (Wildman–Crippen LogP) is -0.736. The fourth-order valence-electron chi connectivity index (χ4n) is 0.249. The van der Waals surface area contributed by atoms with Gasteiger partial charge >= 0.3 is 5.69 Å². The largest absolute Gasteiger partial charge is 0.353 e. The van der Waals surface area contributed by atoms with Crippen molar-refractivity contribution in [1.29, 1.82) is 0 Å². The summed E-state index contributed by atoms with van der Waals surface area (Å²) in [6.45, 7) is 0. The molecule has 0 radical (unpaired) electrons. The van der Waals surface area contributed by atoms with E-state index in [1.807, 2.05) is 0 Å². The molecule has 0 aliphatic rings. The van der Waals surface area contributed by atoms with E-state index in [1.165, 1.54) is 6.33 Å². The van der Waals surface area contributed by atoms with E-state index in [0.717, 1.165) is 4.09 Å². The molecule has 0 bridgehead atoms. The van der Waals surface area contributed by atoms with Crippen LogP contribution in [0.15, 0.2) is 11.1 Å². The van der Waals surface area contributed by atoms with Crippen LogP contribution in [0.4, 0.5) is 0 Å². The Morgan fingerprint density at radius 2 is 2.71 bits per heavy atom. The molecule has 1 aromatic heterocycles. The number of rotatable bonds is 0. The van der Waals surface area contributed by atoms with Gasteiger partial charge in [-0.15, -0.1) is 5.10 Å². The molecule has 0 aliphatic carbocycles. The highest BCUT2D eigenvalue weighted by molar-refractivity contribution is 7.78. The van der Waals surface area contributed by atoms with Crippen molar-refractivity contribution in [2.75, 3.05) is 0 Å². The van der Waals surface area contributed by atoms with Crippen LogP contribution in [0.5, 0.6) is 0 Å². The molecular weight excluding hydrogens is 114 g/mol. The van der Waals surface area contributed by atoms with Crippen molar-refractivity contribution in [2.45, 2.75) is 0 Å². The molecule has 0 aliphatic heterocycles. The van der Waals surface area contributed by atoms with Crippen LogP contribution in [0.25, 0.3) is 0 Å². The number of thiol groups is 1. The van der Waals surface area contributed by atoms with Gasteiger partial charge in [0.1, 0.15) is 6.33 Å². The minimum Gasteiger partial charge on any atom is -0.295 e. The Balaban J connectivity index is 3.39. The van der Waals surface area contributed by atoms with Gasteiger partial charge in [-0.25, -0.2) is 4.79 Å². The minimum absolute atomic E-state index is 0.316. The lowest BCUT2D eigenvalue weighted by Crippen LogP contribution is -2.08. The number of aromatic amines is 1. The van der Waals surface area contributed by atoms with Gasteiger partial charge in [-0.05, 0) is 12.8 Å². The first kappa shape index (κ1) is 4.45. The summed E-state index contributed by atoms with van der Waals surface area (Å²) < 4.78 is 0.917. The predicted molar refractivity (Wildman–Crippen MR) is 27.2 cm³/mol. The molecule has 0 saturated carbocycles. The Bertz CT molecular complexity index is 201. The van der Waals surface area contributed by atoms with Crippen LogP contribution >= 0.6 is 12.8 Å². The molecule has 0 unspecified atom stereocenters. The van der Waals surface area contributed by atoms with Crippen LogP contribution < -0.4 is 5.69 Å². The quantitative estimate of drug-likeness (QED) is 0.440. The van der Waals surface area contributed by atoms with Crippen LogP contribution in [0.3, 0.4) is 0 Å². The Kier molecular flexibility index (Phi) is 0.900. The van der Waals surface area contributed by atoms with Crippen molar-refractivity contribution in [3.63, 3.8) is 0 Å². The number of aromatic nitrogens is 3. The molecule has 1 N–H and O–H groups in total. The second kappa shape index (κ2) is 1.42. The molecule has 1 aromatic rings. The van der Waals surface area contributed by atoms with Crippen molar-refractivity contribution >= 4 is 12.8 Å². The summed E-state index contributed by atoms with van der Waals surface area (Å²) in [5.74, 6) is 0. The summed E-state index contributed by atoms with van der Waals surface area (Å²) in [7, 11) is 0. The first-order valence-electron chi connectivity index (χ1n) is 1.62. The van der Waals surface area contributed by atoms with E-state index >= 15 is 0 Å². The van der Waals surface area contributed by atoms with Crippen LogP contribution in [0, 0.1) is 0 Å². The molecule has 0 amide bonds. The van der Waals surface area contributed by atoms with Crippen molar-refractivity contribution < 1.29 is 0 Å². The standard InChI is InChI=1S/C2H3N3OS/c6-2-3-1-4-5(2)7/h1,7H,(H,3,4,6). The first-order valence-corrected chi connectivity index (χ1v) is 2.02. The first-order chi connectivity index (χ1) is 3.30.